The van der Waals surface area contributed by atoms with Crippen LogP contribution in [0.2, 0.25) is 0 Å². The molecule has 0 radical (unpaired) electrons. The maximum atomic E-state index is 2.68. The number of hydrogen-bond donors (Lipinski definition) is 0. The molecule has 0 saturated carbocycles. The number of fused-ring (bicyclic) bond motifs is 2. The summed E-state index contributed by atoms with van der Waals surface area (Å²) in [6.07, 6.45) is 10.9. The van der Waals surface area contributed by atoms with Crippen LogP contribution in [0.5, 0.6) is 0 Å². The summed E-state index contributed by atoms with van der Waals surface area (Å²) in [5.74, 6) is 3.10. The van der Waals surface area contributed by atoms with Gasteiger partial charge in [-0.3, -0.25) is 0 Å². The molecule has 2 aromatic carbocycles. The van der Waals surface area contributed by atoms with E-state index in [1.54, 1.807) is 22.3 Å². The third-order valence-electron chi connectivity index (χ3n) is 7.22. The molecule has 0 bridgehead atoms. The largest absolute Gasteiger partial charge is 1.00 e. The van der Waals surface area contributed by atoms with Crippen LogP contribution >= 0.6 is 15.8 Å². The first-order valence-electron chi connectivity index (χ1n) is 14.5. The standard InChI is InChI=1S/2C17H24P.2FH.Hf/c2*1-13(2)11-18(12-14(3)4)17-9-15-7-5-6-8-16(15)10-17;;;/h2*5-10,13-14H,11-12H2,1-4H3;2*1H;/q;;;;+2/p-2. The summed E-state index contributed by atoms with van der Waals surface area (Å²) in [6.45, 7) is 19.5. The molecule has 0 amide bonds. The van der Waals surface area contributed by atoms with E-state index in [1.807, 2.05) is 10.6 Å². The molecule has 0 saturated heterocycles. The Labute approximate surface area is 251 Å². The molecule has 5 heteroatoms. The van der Waals surface area contributed by atoms with Crippen molar-refractivity contribution in [2.75, 3.05) is 24.6 Å². The minimum absolute atomic E-state index is 0. The Bertz CT molecular complexity index is 1010. The van der Waals surface area contributed by atoms with Crippen LogP contribution in [0.15, 0.2) is 59.2 Å². The predicted molar refractivity (Wildman–Crippen MR) is 167 cm³/mol. The van der Waals surface area contributed by atoms with Crippen LogP contribution in [0, 0.1) is 23.7 Å². The summed E-state index contributed by atoms with van der Waals surface area (Å²) in [5, 5.41) is 3.76. The van der Waals surface area contributed by atoms with Crippen LogP contribution in [0.25, 0.3) is 12.2 Å². The molecule has 2 unspecified atom stereocenters. The molecule has 0 heterocycles. The average molecular weight is 735 g/mol. The summed E-state index contributed by atoms with van der Waals surface area (Å²) >= 11 is -1.16. The topological polar surface area (TPSA) is 0 Å². The molecule has 2 atom stereocenters. The van der Waals surface area contributed by atoms with Crippen LogP contribution in [0.4, 0.5) is 0 Å². The fraction of sp³-hybridized carbons (Fsp3) is 0.529. The summed E-state index contributed by atoms with van der Waals surface area (Å²) in [4.78, 5) is 0. The van der Waals surface area contributed by atoms with Crippen LogP contribution < -0.4 is 9.41 Å². The molecule has 0 N–H and O–H groups in total. The SMILES string of the molecule is CC(C)CP(CC(C)C)C1=Cc2ccccc2[CH]1[Hf+2][CH]1C(P(CC(C)C)CC(C)C)=Cc2ccccc21.[F-].[F-]. The van der Waals surface area contributed by atoms with Gasteiger partial charge in [-0.05, 0) is 0 Å². The van der Waals surface area contributed by atoms with Crippen molar-refractivity contribution < 1.29 is 32.3 Å². The number of hydrogen-bond acceptors (Lipinski definition) is 0. The minimum Gasteiger partial charge on any atom is -1.00 e. The van der Waals surface area contributed by atoms with Gasteiger partial charge in [0.25, 0.3) is 0 Å². The van der Waals surface area contributed by atoms with Crippen LogP contribution in [-0.2, 0) is 22.9 Å². The Morgan fingerprint density at radius 3 is 1.15 bits per heavy atom. The first-order valence-corrected chi connectivity index (χ1v) is 22.1. The number of rotatable bonds is 12. The molecule has 0 nitrogen and oxygen atoms in total. The molecular weight excluding hydrogens is 687 g/mol. The van der Waals surface area contributed by atoms with Gasteiger partial charge in [0.15, 0.2) is 0 Å². The van der Waals surface area contributed by atoms with E-state index in [0.717, 1.165) is 31.0 Å². The van der Waals surface area contributed by atoms with Crippen molar-refractivity contribution in [1.82, 2.24) is 0 Å². The van der Waals surface area contributed by atoms with Gasteiger partial charge < -0.3 is 9.41 Å². The Morgan fingerprint density at radius 2 is 0.846 bits per heavy atom. The van der Waals surface area contributed by atoms with Crippen LogP contribution in [0.3, 0.4) is 0 Å². The molecule has 2 aromatic rings. The third-order valence-corrected chi connectivity index (χ3v) is 22.7. The van der Waals surface area contributed by atoms with Gasteiger partial charge in [-0.15, -0.1) is 0 Å². The van der Waals surface area contributed by atoms with Gasteiger partial charge in [-0.25, -0.2) is 0 Å². The first-order chi connectivity index (χ1) is 17.6. The maximum absolute atomic E-state index is 2.68. The second-order valence-electron chi connectivity index (χ2n) is 12.8. The maximum Gasteiger partial charge on any atom is -1.00 e. The van der Waals surface area contributed by atoms with E-state index in [4.69, 9.17) is 0 Å². The van der Waals surface area contributed by atoms with Gasteiger partial charge in [0.05, 0.1) is 0 Å². The second kappa shape index (κ2) is 15.7. The summed E-state index contributed by atoms with van der Waals surface area (Å²) in [7, 11) is -0.151. The average Bonchev–Trinajstić information content (AvgIpc) is 3.36. The number of allylic oxidation sites excluding steroid dienone is 2. The van der Waals surface area contributed by atoms with Gasteiger partial charge in [0.1, 0.15) is 0 Å². The van der Waals surface area contributed by atoms with Crippen molar-refractivity contribution in [2.45, 2.75) is 62.7 Å². The van der Waals surface area contributed by atoms with Crippen LogP contribution in [-0.4, -0.2) is 24.6 Å². The predicted octanol–water partition coefficient (Wildman–Crippen LogP) is 4.86. The van der Waals surface area contributed by atoms with Gasteiger partial charge in [-0.1, -0.05) is 0 Å². The van der Waals surface area contributed by atoms with Crippen molar-refractivity contribution in [3.05, 3.63) is 81.4 Å². The normalized spacial score (nSPS) is 17.8. The summed E-state index contributed by atoms with van der Waals surface area (Å²) in [6, 6.07) is 18.9. The molecule has 0 aliphatic heterocycles. The van der Waals surface area contributed by atoms with E-state index in [-0.39, 0.29) is 25.3 Å². The Morgan fingerprint density at radius 1 is 0.538 bits per heavy atom. The Kier molecular flexibility index (Phi) is 13.9. The molecule has 0 aromatic heterocycles. The smallest absolute Gasteiger partial charge is 1.00 e. The van der Waals surface area contributed by atoms with E-state index in [1.165, 1.54) is 24.6 Å². The van der Waals surface area contributed by atoms with Gasteiger partial charge in [-0.2, -0.15) is 0 Å². The zero-order valence-corrected chi connectivity index (χ0v) is 30.6. The Hall–Kier alpha value is -0.490. The fourth-order valence-corrected chi connectivity index (χ4v) is 23.7. The van der Waals surface area contributed by atoms with E-state index in [2.05, 4.69) is 116 Å². The molecule has 4 rings (SSSR count). The second-order valence-corrected chi connectivity index (χ2v) is 22.8. The van der Waals surface area contributed by atoms with Crippen LogP contribution in [0.1, 0.15) is 85.0 Å². The van der Waals surface area contributed by atoms with Crippen molar-refractivity contribution in [1.29, 1.82) is 0 Å². The van der Waals surface area contributed by atoms with Crippen molar-refractivity contribution in [3.63, 3.8) is 0 Å². The quantitative estimate of drug-likeness (QED) is 0.216. The van der Waals surface area contributed by atoms with Crippen molar-refractivity contribution >= 4 is 28.0 Å². The zero-order valence-electron chi connectivity index (χ0n) is 25.2. The third kappa shape index (κ3) is 8.75. The molecular formula is C34H48F2HfP2. The summed E-state index contributed by atoms with van der Waals surface area (Å²) in [5.41, 5.74) is 6.44. The van der Waals surface area contributed by atoms with Gasteiger partial charge >= 0.3 is 243 Å². The van der Waals surface area contributed by atoms with E-state index < -0.39 is 22.9 Å². The molecule has 212 valence electrons. The van der Waals surface area contributed by atoms with Crippen molar-refractivity contribution in [3.8, 4) is 0 Å². The molecule has 39 heavy (non-hydrogen) atoms. The van der Waals surface area contributed by atoms with Crippen molar-refractivity contribution in [2.24, 2.45) is 23.7 Å². The molecule has 0 fully saturated rings. The molecule has 2 aliphatic carbocycles. The number of benzene rings is 2. The Balaban J connectivity index is 0.00000267. The van der Waals surface area contributed by atoms with E-state index in [9.17, 15) is 0 Å². The monoisotopic (exact) mass is 736 g/mol. The molecule has 0 spiro atoms. The minimum atomic E-state index is -1.16. The molecule has 2 aliphatic rings. The van der Waals surface area contributed by atoms with Gasteiger partial charge in [0, 0.05) is 0 Å². The zero-order chi connectivity index (χ0) is 26.7. The summed E-state index contributed by atoms with van der Waals surface area (Å²) < 4.78 is 1.52. The fourth-order valence-electron chi connectivity index (χ4n) is 6.01. The van der Waals surface area contributed by atoms with Gasteiger partial charge in [0.2, 0.25) is 0 Å². The number of halogens is 2. The van der Waals surface area contributed by atoms with E-state index in [0.29, 0.717) is 0 Å². The first kappa shape index (κ1) is 34.7. The van der Waals surface area contributed by atoms with E-state index >= 15 is 0 Å².